The number of para-hydroxylation sites is 1. The normalized spacial score (nSPS) is 30.9. The molecule has 0 amide bonds. The quantitative estimate of drug-likeness (QED) is 0.787. The van der Waals surface area contributed by atoms with Crippen molar-refractivity contribution in [2.45, 2.75) is 31.7 Å². The van der Waals surface area contributed by atoms with E-state index in [1.165, 1.54) is 25.1 Å². The van der Waals surface area contributed by atoms with Gasteiger partial charge in [0.05, 0.1) is 6.61 Å². The van der Waals surface area contributed by atoms with Crippen molar-refractivity contribution in [2.24, 2.45) is 5.92 Å². The lowest BCUT2D eigenvalue weighted by Gasteiger charge is -2.32. The number of ether oxygens (including phenoxy) is 1. The molecule has 3 atom stereocenters. The molecule has 3 heteroatoms. The number of halogens is 1. The van der Waals surface area contributed by atoms with Crippen LogP contribution in [0.3, 0.4) is 0 Å². The summed E-state index contributed by atoms with van der Waals surface area (Å²) in [6.45, 7) is 5.67. The molecule has 1 saturated heterocycles. The molecule has 0 bridgehead atoms. The van der Waals surface area contributed by atoms with Gasteiger partial charge in [-0.2, -0.15) is 0 Å². The third-order valence-corrected chi connectivity index (χ3v) is 5.36. The summed E-state index contributed by atoms with van der Waals surface area (Å²) >= 11 is 3.69. The molecule has 2 aliphatic rings. The van der Waals surface area contributed by atoms with E-state index in [0.717, 1.165) is 30.0 Å². The monoisotopic (exact) mass is 323 g/mol. The van der Waals surface area contributed by atoms with Crippen molar-refractivity contribution in [3.05, 3.63) is 29.8 Å². The minimum absolute atomic E-state index is 0.636. The van der Waals surface area contributed by atoms with Gasteiger partial charge in [-0.15, -0.1) is 0 Å². The molecule has 1 aromatic carbocycles. The molecular formula is C16H22BrNO. The van der Waals surface area contributed by atoms with Gasteiger partial charge in [0.25, 0.3) is 0 Å². The predicted octanol–water partition coefficient (Wildman–Crippen LogP) is 3.66. The molecule has 19 heavy (non-hydrogen) atoms. The zero-order chi connectivity index (χ0) is 13.2. The van der Waals surface area contributed by atoms with Gasteiger partial charge in [-0.1, -0.05) is 41.1 Å². The van der Waals surface area contributed by atoms with E-state index in [9.17, 15) is 0 Å². The van der Waals surface area contributed by atoms with Crippen LogP contribution in [0.2, 0.25) is 0 Å². The Labute approximate surface area is 124 Å². The van der Waals surface area contributed by atoms with E-state index in [1.54, 1.807) is 0 Å². The number of fused-ring (bicyclic) bond motifs is 1. The summed E-state index contributed by atoms with van der Waals surface area (Å²) in [6.07, 6.45) is 2.48. The molecule has 3 rings (SSSR count). The second kappa shape index (κ2) is 5.84. The summed E-state index contributed by atoms with van der Waals surface area (Å²) in [6, 6.07) is 9.25. The molecule has 1 fully saturated rings. The Morgan fingerprint density at radius 3 is 3.00 bits per heavy atom. The topological polar surface area (TPSA) is 12.5 Å². The van der Waals surface area contributed by atoms with Crippen molar-refractivity contribution in [1.29, 1.82) is 0 Å². The maximum absolute atomic E-state index is 5.76. The number of rotatable bonds is 3. The van der Waals surface area contributed by atoms with Gasteiger partial charge in [-0.05, 0) is 36.9 Å². The number of nitrogens with zero attached hydrogens (tertiary/aromatic N) is 1. The van der Waals surface area contributed by atoms with Gasteiger partial charge in [0.15, 0.2) is 0 Å². The minimum Gasteiger partial charge on any atom is -0.493 e. The third kappa shape index (κ3) is 2.68. The van der Waals surface area contributed by atoms with Gasteiger partial charge < -0.3 is 4.74 Å². The Balaban J connectivity index is 1.74. The molecule has 0 saturated carbocycles. The molecule has 0 spiro atoms. The van der Waals surface area contributed by atoms with E-state index in [4.69, 9.17) is 4.74 Å². The smallest absolute Gasteiger partial charge is 0.122 e. The Morgan fingerprint density at radius 1 is 1.32 bits per heavy atom. The molecule has 0 aliphatic carbocycles. The summed E-state index contributed by atoms with van der Waals surface area (Å²) in [5, 5.41) is 1.10. The van der Waals surface area contributed by atoms with E-state index in [0.29, 0.717) is 12.0 Å². The molecule has 2 aliphatic heterocycles. The molecule has 0 N–H and O–H groups in total. The highest BCUT2D eigenvalue weighted by Gasteiger charge is 2.33. The van der Waals surface area contributed by atoms with Crippen LogP contribution in [0.5, 0.6) is 5.75 Å². The van der Waals surface area contributed by atoms with Crippen molar-refractivity contribution in [1.82, 2.24) is 4.90 Å². The minimum atomic E-state index is 0.636. The maximum atomic E-state index is 5.76. The van der Waals surface area contributed by atoms with Crippen LogP contribution in [0.1, 0.15) is 31.2 Å². The summed E-state index contributed by atoms with van der Waals surface area (Å²) in [5.41, 5.74) is 1.40. The Kier molecular flexibility index (Phi) is 4.13. The Bertz CT molecular complexity index is 437. The molecule has 104 valence electrons. The van der Waals surface area contributed by atoms with Crippen molar-refractivity contribution in [3.8, 4) is 5.75 Å². The van der Waals surface area contributed by atoms with Crippen LogP contribution in [0.4, 0.5) is 0 Å². The SMILES string of the molecule is CC1CCN(CC2CCOc3ccccc32)C1CBr. The van der Waals surface area contributed by atoms with E-state index >= 15 is 0 Å². The fourth-order valence-corrected chi connectivity index (χ4v) is 4.50. The van der Waals surface area contributed by atoms with E-state index < -0.39 is 0 Å². The number of hydrogen-bond donors (Lipinski definition) is 0. The number of likely N-dealkylation sites (tertiary alicyclic amines) is 1. The number of hydrogen-bond acceptors (Lipinski definition) is 2. The molecule has 1 aromatic rings. The van der Waals surface area contributed by atoms with Crippen molar-refractivity contribution < 1.29 is 4.74 Å². The van der Waals surface area contributed by atoms with Crippen LogP contribution in [-0.4, -0.2) is 36.0 Å². The first kappa shape index (κ1) is 13.4. The van der Waals surface area contributed by atoms with Gasteiger partial charge in [0, 0.05) is 23.8 Å². The van der Waals surface area contributed by atoms with E-state index in [1.807, 2.05) is 0 Å². The highest BCUT2D eigenvalue weighted by molar-refractivity contribution is 9.09. The molecular weight excluding hydrogens is 302 g/mol. The van der Waals surface area contributed by atoms with E-state index in [2.05, 4.69) is 52.0 Å². The van der Waals surface area contributed by atoms with E-state index in [-0.39, 0.29) is 0 Å². The first-order valence-electron chi connectivity index (χ1n) is 7.31. The van der Waals surface area contributed by atoms with Gasteiger partial charge in [0.2, 0.25) is 0 Å². The second-order valence-corrected chi connectivity index (χ2v) is 6.50. The lowest BCUT2D eigenvalue weighted by atomic mass is 9.92. The first-order chi connectivity index (χ1) is 9.29. The molecule has 0 aromatic heterocycles. The Hall–Kier alpha value is -0.540. The maximum Gasteiger partial charge on any atom is 0.122 e. The van der Waals surface area contributed by atoms with Crippen LogP contribution in [0.15, 0.2) is 24.3 Å². The summed E-state index contributed by atoms with van der Waals surface area (Å²) in [5.74, 6) is 2.55. The summed E-state index contributed by atoms with van der Waals surface area (Å²) in [7, 11) is 0. The van der Waals surface area contributed by atoms with Crippen molar-refractivity contribution >= 4 is 15.9 Å². The van der Waals surface area contributed by atoms with Crippen LogP contribution >= 0.6 is 15.9 Å². The van der Waals surface area contributed by atoms with Crippen molar-refractivity contribution in [3.63, 3.8) is 0 Å². The zero-order valence-corrected chi connectivity index (χ0v) is 13.1. The van der Waals surface area contributed by atoms with Gasteiger partial charge in [0.1, 0.15) is 5.75 Å². The average molecular weight is 324 g/mol. The zero-order valence-electron chi connectivity index (χ0n) is 11.5. The predicted molar refractivity (Wildman–Crippen MR) is 82.2 cm³/mol. The third-order valence-electron chi connectivity index (χ3n) is 4.69. The highest BCUT2D eigenvalue weighted by Crippen LogP contribution is 2.36. The lowest BCUT2D eigenvalue weighted by molar-refractivity contribution is 0.200. The first-order valence-corrected chi connectivity index (χ1v) is 8.43. The van der Waals surface area contributed by atoms with Gasteiger partial charge in [-0.3, -0.25) is 4.90 Å². The average Bonchev–Trinajstić information content (AvgIpc) is 2.79. The molecule has 2 nitrogen and oxygen atoms in total. The van der Waals surface area contributed by atoms with Gasteiger partial charge >= 0.3 is 0 Å². The lowest BCUT2D eigenvalue weighted by Crippen LogP contribution is -2.37. The fraction of sp³-hybridized carbons (Fsp3) is 0.625. The largest absolute Gasteiger partial charge is 0.493 e. The van der Waals surface area contributed by atoms with Crippen LogP contribution in [0.25, 0.3) is 0 Å². The molecule has 3 unspecified atom stereocenters. The van der Waals surface area contributed by atoms with Crippen LogP contribution < -0.4 is 4.74 Å². The Morgan fingerprint density at radius 2 is 2.16 bits per heavy atom. The fourth-order valence-electron chi connectivity index (χ4n) is 3.45. The van der Waals surface area contributed by atoms with Crippen molar-refractivity contribution in [2.75, 3.05) is 25.0 Å². The van der Waals surface area contributed by atoms with Crippen LogP contribution in [0, 0.1) is 5.92 Å². The van der Waals surface area contributed by atoms with Crippen LogP contribution in [-0.2, 0) is 0 Å². The standard InChI is InChI=1S/C16H22BrNO/c1-12-6-8-18(15(12)10-17)11-13-7-9-19-16-5-3-2-4-14(13)16/h2-5,12-13,15H,6-11H2,1H3. The second-order valence-electron chi connectivity index (χ2n) is 5.85. The van der Waals surface area contributed by atoms with Gasteiger partial charge in [-0.25, -0.2) is 0 Å². The number of benzene rings is 1. The molecule has 0 radical (unpaired) electrons. The summed E-state index contributed by atoms with van der Waals surface area (Å²) < 4.78 is 5.76. The molecule has 2 heterocycles. The summed E-state index contributed by atoms with van der Waals surface area (Å²) in [4.78, 5) is 2.67. The highest BCUT2D eigenvalue weighted by atomic mass is 79.9. The number of alkyl halides is 1.